The van der Waals surface area contributed by atoms with E-state index < -0.39 is 0 Å². The van der Waals surface area contributed by atoms with Crippen LogP contribution in [0.1, 0.15) is 19.2 Å². The summed E-state index contributed by atoms with van der Waals surface area (Å²) in [6, 6.07) is 7.90. The van der Waals surface area contributed by atoms with Crippen LogP contribution in [0.3, 0.4) is 0 Å². The maximum absolute atomic E-state index is 8.90. The molecular formula is C15H18ClN3O2. The maximum atomic E-state index is 8.90. The van der Waals surface area contributed by atoms with Crippen LogP contribution in [0, 0.1) is 0 Å². The summed E-state index contributed by atoms with van der Waals surface area (Å²) in [6.45, 7) is 3.01. The van der Waals surface area contributed by atoms with Gasteiger partial charge in [0.15, 0.2) is 0 Å². The highest BCUT2D eigenvalue weighted by Crippen LogP contribution is 2.29. The highest BCUT2D eigenvalue weighted by atomic mass is 35.5. The van der Waals surface area contributed by atoms with E-state index >= 15 is 0 Å². The zero-order valence-corrected chi connectivity index (χ0v) is 12.6. The number of nitrogens with two attached hydrogens (primary N) is 1. The molecule has 0 saturated carbocycles. The van der Waals surface area contributed by atoms with E-state index in [4.69, 9.17) is 9.52 Å². The van der Waals surface area contributed by atoms with Crippen LogP contribution < -0.4 is 17.7 Å². The average molecular weight is 308 g/mol. The van der Waals surface area contributed by atoms with E-state index in [1.165, 1.54) is 0 Å². The summed E-state index contributed by atoms with van der Waals surface area (Å²) >= 11 is 0. The van der Waals surface area contributed by atoms with Gasteiger partial charge in [0.1, 0.15) is 16.9 Å². The Morgan fingerprint density at radius 3 is 2.81 bits per heavy atom. The molecule has 0 radical (unpaired) electrons. The lowest BCUT2D eigenvalue weighted by atomic mass is 10.2. The van der Waals surface area contributed by atoms with Gasteiger partial charge < -0.3 is 21.9 Å². The lowest BCUT2D eigenvalue weighted by Crippen LogP contribution is -3.00. The molecule has 2 aromatic heterocycles. The molecule has 0 aliphatic carbocycles. The van der Waals surface area contributed by atoms with Crippen molar-refractivity contribution in [2.24, 2.45) is 0 Å². The number of benzene rings is 1. The van der Waals surface area contributed by atoms with Gasteiger partial charge in [-0.1, -0.05) is 19.1 Å². The van der Waals surface area contributed by atoms with Crippen molar-refractivity contribution in [2.75, 3.05) is 13.2 Å². The first-order valence-corrected chi connectivity index (χ1v) is 6.95. The minimum absolute atomic E-state index is 0. The summed E-state index contributed by atoms with van der Waals surface area (Å²) in [4.78, 5) is 9.14. The number of halogens is 1. The largest absolute Gasteiger partial charge is 1.00 e. The highest BCUT2D eigenvalue weighted by molar-refractivity contribution is 6.04. The fourth-order valence-corrected chi connectivity index (χ4v) is 2.29. The number of aliphatic hydroxyl groups excluding tert-OH is 1. The summed E-state index contributed by atoms with van der Waals surface area (Å²) in [7, 11) is 0. The molecule has 6 heteroatoms. The molecule has 3 N–H and O–H groups in total. The molecule has 112 valence electrons. The molecule has 0 bridgehead atoms. The number of furan rings is 1. The van der Waals surface area contributed by atoms with Crippen LogP contribution in [0.4, 0.5) is 5.82 Å². The molecule has 0 spiro atoms. The molecule has 0 amide bonds. The van der Waals surface area contributed by atoms with Crippen LogP contribution in [0.5, 0.6) is 0 Å². The van der Waals surface area contributed by atoms with E-state index in [0.717, 1.165) is 53.1 Å². The van der Waals surface area contributed by atoms with Gasteiger partial charge in [0.25, 0.3) is 5.82 Å². The summed E-state index contributed by atoms with van der Waals surface area (Å²) in [5.41, 5.74) is 2.45. The molecule has 3 aromatic rings. The van der Waals surface area contributed by atoms with Gasteiger partial charge in [-0.3, -0.25) is 5.32 Å². The number of aliphatic hydroxyl groups is 1. The second kappa shape index (κ2) is 6.85. The van der Waals surface area contributed by atoms with Crippen molar-refractivity contribution < 1.29 is 27.2 Å². The van der Waals surface area contributed by atoms with Gasteiger partial charge in [-0.05, 0) is 12.1 Å². The standard InChI is InChI=1S/C15H17N3O2.ClH/c1-2-12-17-13-10-6-3-4-7-11(10)20-14(13)15(18-12)16-8-5-9-19;/h3-4,6-7,19H,2,5,8-9H2,1H3,(H,16,17,18);1H. The van der Waals surface area contributed by atoms with Crippen molar-refractivity contribution in [1.82, 2.24) is 9.97 Å². The Balaban J connectivity index is 0.00000161. The van der Waals surface area contributed by atoms with E-state index in [-0.39, 0.29) is 19.0 Å². The first kappa shape index (κ1) is 15.7. The quantitative estimate of drug-likeness (QED) is 0.564. The molecule has 0 unspecified atom stereocenters. The van der Waals surface area contributed by atoms with Crippen LogP contribution in [0.2, 0.25) is 0 Å². The maximum Gasteiger partial charge on any atom is 0.272 e. The molecule has 3 rings (SSSR count). The number of hydrogen-bond donors (Lipinski definition) is 2. The van der Waals surface area contributed by atoms with Crippen LogP contribution >= 0.6 is 0 Å². The van der Waals surface area contributed by atoms with Crippen LogP contribution in [0.15, 0.2) is 28.7 Å². The van der Waals surface area contributed by atoms with Gasteiger partial charge in [-0.15, -0.1) is 0 Å². The smallest absolute Gasteiger partial charge is 0.272 e. The second-order valence-corrected chi connectivity index (χ2v) is 4.72. The molecule has 0 atom stereocenters. The van der Waals surface area contributed by atoms with Gasteiger partial charge in [-0.25, -0.2) is 4.98 Å². The van der Waals surface area contributed by atoms with E-state index in [1.807, 2.05) is 36.5 Å². The minimum atomic E-state index is 0. The van der Waals surface area contributed by atoms with Crippen LogP contribution in [0.25, 0.3) is 22.1 Å². The number of para-hydroxylation sites is 1. The molecule has 0 saturated heterocycles. The molecule has 5 nitrogen and oxygen atoms in total. The summed E-state index contributed by atoms with van der Waals surface area (Å²) in [5, 5.41) is 11.9. The third-order valence-electron chi connectivity index (χ3n) is 3.31. The monoisotopic (exact) mass is 307 g/mol. The van der Waals surface area contributed by atoms with E-state index in [9.17, 15) is 0 Å². The van der Waals surface area contributed by atoms with Crippen LogP contribution in [-0.4, -0.2) is 28.2 Å². The fourth-order valence-electron chi connectivity index (χ4n) is 2.29. The number of aryl methyl sites for hydroxylation is 1. The molecule has 0 fully saturated rings. The predicted molar refractivity (Wildman–Crippen MR) is 76.8 cm³/mol. The normalized spacial score (nSPS) is 11.0. The third kappa shape index (κ3) is 3.00. The molecule has 21 heavy (non-hydrogen) atoms. The predicted octanol–water partition coefficient (Wildman–Crippen LogP) is -1.48. The molecule has 0 aliphatic rings. The Kier molecular flexibility index (Phi) is 5.12. The molecule has 0 aliphatic heterocycles. The Hall–Kier alpha value is -1.69. The number of nitrogens with zero attached hydrogens (tertiary/aromatic N) is 2. The van der Waals surface area contributed by atoms with Crippen molar-refractivity contribution in [1.29, 1.82) is 0 Å². The number of hydrogen-bond acceptors (Lipinski definition) is 4. The minimum Gasteiger partial charge on any atom is -1.00 e. The van der Waals surface area contributed by atoms with Gasteiger partial charge in [0.05, 0.1) is 6.54 Å². The topological polar surface area (TPSA) is 75.8 Å². The van der Waals surface area contributed by atoms with Crippen molar-refractivity contribution >= 4 is 27.9 Å². The summed E-state index contributed by atoms with van der Waals surface area (Å²) in [6.07, 6.45) is 1.52. The van der Waals surface area contributed by atoms with E-state index in [0.29, 0.717) is 0 Å². The zero-order chi connectivity index (χ0) is 13.9. The number of fused-ring (bicyclic) bond motifs is 3. The molecular weight excluding hydrogens is 290 g/mol. The third-order valence-corrected chi connectivity index (χ3v) is 3.31. The van der Waals surface area contributed by atoms with E-state index in [2.05, 4.69) is 9.97 Å². The zero-order valence-electron chi connectivity index (χ0n) is 11.8. The van der Waals surface area contributed by atoms with E-state index in [1.54, 1.807) is 0 Å². The first-order chi connectivity index (χ1) is 9.83. The fraction of sp³-hybridized carbons (Fsp3) is 0.333. The summed E-state index contributed by atoms with van der Waals surface area (Å²) in [5.74, 6) is 1.65. The lowest BCUT2D eigenvalue weighted by molar-refractivity contribution is -0.574. The Labute approximate surface area is 128 Å². The SMILES string of the molecule is CCc1nc([NH2+]CCCO)c2oc3ccccc3c2n1.[Cl-]. The van der Waals surface area contributed by atoms with Crippen LogP contribution in [-0.2, 0) is 6.42 Å². The average Bonchev–Trinajstić information content (AvgIpc) is 2.86. The number of rotatable bonds is 5. The summed E-state index contributed by atoms with van der Waals surface area (Å²) < 4.78 is 5.90. The second-order valence-electron chi connectivity index (χ2n) is 4.72. The lowest BCUT2D eigenvalue weighted by Gasteiger charge is -2.01. The number of aromatic nitrogens is 2. The van der Waals surface area contributed by atoms with Crippen molar-refractivity contribution in [2.45, 2.75) is 19.8 Å². The highest BCUT2D eigenvalue weighted by Gasteiger charge is 2.17. The molecule has 2 heterocycles. The van der Waals surface area contributed by atoms with Gasteiger partial charge in [-0.2, -0.15) is 4.98 Å². The number of quaternary nitrogens is 1. The van der Waals surface area contributed by atoms with Gasteiger partial charge in [0.2, 0.25) is 5.58 Å². The van der Waals surface area contributed by atoms with Crippen molar-refractivity contribution in [3.8, 4) is 0 Å². The Morgan fingerprint density at radius 1 is 1.24 bits per heavy atom. The van der Waals surface area contributed by atoms with Crippen molar-refractivity contribution in [3.05, 3.63) is 30.1 Å². The Bertz CT molecular complexity index is 742. The Morgan fingerprint density at radius 2 is 2.05 bits per heavy atom. The van der Waals surface area contributed by atoms with Gasteiger partial charge >= 0.3 is 0 Å². The first-order valence-electron chi connectivity index (χ1n) is 6.95. The molecule has 1 aromatic carbocycles. The van der Waals surface area contributed by atoms with Gasteiger partial charge in [0, 0.05) is 24.8 Å². The van der Waals surface area contributed by atoms with Crippen molar-refractivity contribution in [3.63, 3.8) is 0 Å².